The first-order valence-electron chi connectivity index (χ1n) is 8.78. The van der Waals surface area contributed by atoms with Crippen molar-refractivity contribution in [2.75, 3.05) is 0 Å². The van der Waals surface area contributed by atoms with Gasteiger partial charge in [-0.3, -0.25) is 4.79 Å². The van der Waals surface area contributed by atoms with Gasteiger partial charge in [0.15, 0.2) is 0 Å². The lowest BCUT2D eigenvalue weighted by atomic mass is 9.90. The zero-order valence-electron chi connectivity index (χ0n) is 15.2. The molecule has 3 rings (SSSR count). The quantitative estimate of drug-likeness (QED) is 0.888. The van der Waals surface area contributed by atoms with E-state index in [0.29, 0.717) is 17.0 Å². The molecule has 0 aromatic carbocycles. The Bertz CT molecular complexity index is 757. The van der Waals surface area contributed by atoms with Crippen molar-refractivity contribution in [2.24, 2.45) is 0 Å². The zero-order chi connectivity index (χ0) is 18.2. The Morgan fingerprint density at radius 1 is 1.36 bits per heavy atom. The highest BCUT2D eigenvalue weighted by molar-refractivity contribution is 5.95. The van der Waals surface area contributed by atoms with Gasteiger partial charge in [-0.25, -0.2) is 4.68 Å². The molecule has 7 nitrogen and oxygen atoms in total. The van der Waals surface area contributed by atoms with Gasteiger partial charge in [-0.1, -0.05) is 18.1 Å². The lowest BCUT2D eigenvalue weighted by molar-refractivity contribution is 0.0735. The number of furan rings is 1. The van der Waals surface area contributed by atoms with E-state index in [9.17, 15) is 9.90 Å². The number of aliphatic hydroxyl groups is 1. The number of aryl methyl sites for hydroxylation is 2. The van der Waals surface area contributed by atoms with Crippen molar-refractivity contribution in [1.29, 1.82) is 0 Å². The first-order valence-corrected chi connectivity index (χ1v) is 8.78. The Hall–Kier alpha value is -2.15. The highest BCUT2D eigenvalue weighted by Crippen LogP contribution is 2.29. The Morgan fingerprint density at radius 3 is 2.68 bits per heavy atom. The van der Waals surface area contributed by atoms with Crippen LogP contribution in [0.5, 0.6) is 0 Å². The molecule has 1 saturated carbocycles. The van der Waals surface area contributed by atoms with Gasteiger partial charge in [-0.2, -0.15) is 0 Å². The number of carbonyl (C=O) groups is 1. The molecule has 0 saturated heterocycles. The summed E-state index contributed by atoms with van der Waals surface area (Å²) in [6.45, 7) is 7.01. The van der Waals surface area contributed by atoms with E-state index in [1.807, 2.05) is 6.92 Å². The molecule has 2 heterocycles. The molecule has 2 atom stereocenters. The average molecular weight is 346 g/mol. The number of rotatable bonds is 4. The summed E-state index contributed by atoms with van der Waals surface area (Å²) in [6.07, 6.45) is 5.74. The second-order valence-electron chi connectivity index (χ2n) is 7.40. The van der Waals surface area contributed by atoms with E-state index in [1.54, 1.807) is 37.7 Å². The minimum absolute atomic E-state index is 0.0211. The van der Waals surface area contributed by atoms with Crippen LogP contribution in [0.15, 0.2) is 16.7 Å². The first kappa shape index (κ1) is 17.7. The van der Waals surface area contributed by atoms with E-state index in [1.165, 1.54) is 0 Å². The molecule has 0 unspecified atom stereocenters. The van der Waals surface area contributed by atoms with E-state index in [0.717, 1.165) is 31.4 Å². The van der Waals surface area contributed by atoms with Crippen LogP contribution in [0.2, 0.25) is 0 Å². The third-order valence-electron chi connectivity index (χ3n) is 4.81. The fourth-order valence-corrected chi connectivity index (χ4v) is 3.42. The predicted molar refractivity (Wildman–Crippen MR) is 92.2 cm³/mol. The van der Waals surface area contributed by atoms with Gasteiger partial charge < -0.3 is 14.8 Å². The van der Waals surface area contributed by atoms with Crippen LogP contribution in [0.4, 0.5) is 0 Å². The minimum Gasteiger partial charge on any atom is -0.466 e. The lowest BCUT2D eigenvalue weighted by Gasteiger charge is -2.32. The summed E-state index contributed by atoms with van der Waals surface area (Å²) in [6, 6.07) is 1.78. The van der Waals surface area contributed by atoms with Gasteiger partial charge in [-0.05, 0) is 46.6 Å². The maximum atomic E-state index is 12.6. The molecule has 25 heavy (non-hydrogen) atoms. The Labute approximate surface area is 147 Å². The second-order valence-corrected chi connectivity index (χ2v) is 7.40. The van der Waals surface area contributed by atoms with Gasteiger partial charge in [0.2, 0.25) is 0 Å². The monoisotopic (exact) mass is 346 g/mol. The van der Waals surface area contributed by atoms with Gasteiger partial charge in [0, 0.05) is 0 Å². The van der Waals surface area contributed by atoms with E-state index in [2.05, 4.69) is 15.6 Å². The number of aromatic nitrogens is 3. The Kier molecular flexibility index (Phi) is 4.69. The summed E-state index contributed by atoms with van der Waals surface area (Å²) in [4.78, 5) is 12.6. The van der Waals surface area contributed by atoms with Crippen LogP contribution in [-0.4, -0.2) is 32.0 Å². The largest absolute Gasteiger partial charge is 0.466 e. The van der Waals surface area contributed by atoms with Crippen molar-refractivity contribution in [3.8, 4) is 0 Å². The van der Waals surface area contributed by atoms with Crippen molar-refractivity contribution in [1.82, 2.24) is 20.3 Å². The van der Waals surface area contributed by atoms with E-state index in [4.69, 9.17) is 4.42 Å². The molecule has 2 aromatic heterocycles. The number of carbonyl (C=O) groups excluding carboxylic acids is 1. The Morgan fingerprint density at radius 2 is 2.08 bits per heavy atom. The second kappa shape index (κ2) is 6.63. The summed E-state index contributed by atoms with van der Waals surface area (Å²) in [5.41, 5.74) is 0.0823. The molecule has 7 heteroatoms. The third kappa shape index (κ3) is 3.76. The van der Waals surface area contributed by atoms with Crippen LogP contribution in [0.1, 0.15) is 73.1 Å². The van der Waals surface area contributed by atoms with Crippen LogP contribution in [-0.2, 0) is 5.60 Å². The summed E-state index contributed by atoms with van der Waals surface area (Å²) >= 11 is 0. The van der Waals surface area contributed by atoms with Gasteiger partial charge >= 0.3 is 0 Å². The summed E-state index contributed by atoms with van der Waals surface area (Å²) in [5, 5.41) is 21.5. The van der Waals surface area contributed by atoms with Crippen LogP contribution < -0.4 is 5.32 Å². The number of nitrogens with one attached hydrogen (secondary N) is 1. The van der Waals surface area contributed by atoms with Crippen LogP contribution in [0.3, 0.4) is 0 Å². The standard InChI is InChI=1S/C18H26N4O3/c1-11-9-13(12(2)25-11)17(23)19-14-7-5-6-8-15(14)22-10-16(20-21-22)18(3,4)24/h9-10,14-15,24H,5-8H2,1-4H3,(H,19,23)/t14-,15+/m0/s1. The van der Waals surface area contributed by atoms with Crippen molar-refractivity contribution < 1.29 is 14.3 Å². The van der Waals surface area contributed by atoms with Crippen LogP contribution in [0, 0.1) is 13.8 Å². The molecule has 0 aliphatic heterocycles. The first-order chi connectivity index (χ1) is 11.8. The molecule has 136 valence electrons. The van der Waals surface area contributed by atoms with Crippen LogP contribution >= 0.6 is 0 Å². The zero-order valence-corrected chi connectivity index (χ0v) is 15.2. The summed E-state index contributed by atoms with van der Waals surface area (Å²) < 4.78 is 7.24. The molecular weight excluding hydrogens is 320 g/mol. The lowest BCUT2D eigenvalue weighted by Crippen LogP contribution is -2.43. The molecule has 0 radical (unpaired) electrons. The van der Waals surface area contributed by atoms with Crippen LogP contribution in [0.25, 0.3) is 0 Å². The molecule has 1 aliphatic rings. The summed E-state index contributed by atoms with van der Waals surface area (Å²) in [7, 11) is 0. The number of nitrogens with zero attached hydrogens (tertiary/aromatic N) is 3. The number of amides is 1. The topological polar surface area (TPSA) is 93.2 Å². The normalized spacial score (nSPS) is 21.3. The predicted octanol–water partition coefficient (Wildman–Crippen LogP) is 2.63. The molecular formula is C18H26N4O3. The number of hydrogen-bond donors (Lipinski definition) is 2. The molecule has 0 bridgehead atoms. The third-order valence-corrected chi connectivity index (χ3v) is 4.81. The van der Waals surface area contributed by atoms with Crippen molar-refractivity contribution >= 4 is 5.91 Å². The molecule has 1 aliphatic carbocycles. The van der Waals surface area contributed by atoms with Crippen molar-refractivity contribution in [3.05, 3.63) is 35.0 Å². The Balaban J connectivity index is 1.78. The van der Waals surface area contributed by atoms with Gasteiger partial charge in [0.25, 0.3) is 5.91 Å². The van der Waals surface area contributed by atoms with Gasteiger partial charge in [0.1, 0.15) is 22.8 Å². The smallest absolute Gasteiger partial charge is 0.255 e. The summed E-state index contributed by atoms with van der Waals surface area (Å²) in [5.74, 6) is 1.25. The van der Waals surface area contributed by atoms with Gasteiger partial charge in [0.05, 0.1) is 23.8 Å². The van der Waals surface area contributed by atoms with E-state index >= 15 is 0 Å². The highest BCUT2D eigenvalue weighted by Gasteiger charge is 2.31. The molecule has 1 amide bonds. The number of hydrogen-bond acceptors (Lipinski definition) is 5. The van der Waals surface area contributed by atoms with Crippen molar-refractivity contribution in [2.45, 2.75) is 71.1 Å². The molecule has 2 aromatic rings. The fraction of sp³-hybridized carbons (Fsp3) is 0.611. The molecule has 0 spiro atoms. The maximum absolute atomic E-state index is 12.6. The highest BCUT2D eigenvalue weighted by atomic mass is 16.3. The average Bonchev–Trinajstić information content (AvgIpc) is 3.14. The molecule has 2 N–H and O–H groups in total. The SMILES string of the molecule is Cc1cc(C(=O)N[C@H]2CCCC[C@H]2n2cc(C(C)(C)O)nn2)c(C)o1. The minimum atomic E-state index is -1.03. The van der Waals surface area contributed by atoms with Gasteiger partial charge in [-0.15, -0.1) is 5.10 Å². The van der Waals surface area contributed by atoms with E-state index < -0.39 is 5.60 Å². The van der Waals surface area contributed by atoms with E-state index in [-0.39, 0.29) is 18.0 Å². The van der Waals surface area contributed by atoms with Crippen molar-refractivity contribution in [3.63, 3.8) is 0 Å². The maximum Gasteiger partial charge on any atom is 0.255 e. The fourth-order valence-electron chi connectivity index (χ4n) is 3.42. The molecule has 1 fully saturated rings.